The first-order valence-corrected chi connectivity index (χ1v) is 7.24. The van der Waals surface area contributed by atoms with Crippen molar-refractivity contribution < 1.29 is 9.90 Å². The summed E-state index contributed by atoms with van der Waals surface area (Å²) >= 11 is 3.42. The second kappa shape index (κ2) is 5.89. The molecule has 0 unspecified atom stereocenters. The Morgan fingerprint density at radius 1 is 1.61 bits per heavy atom. The molecule has 2 heterocycles. The normalized spacial score (nSPS) is 20.2. The number of halogens is 1. The summed E-state index contributed by atoms with van der Waals surface area (Å²) in [5, 5.41) is 9.64. The van der Waals surface area contributed by atoms with Gasteiger partial charge in [-0.2, -0.15) is 0 Å². The molecule has 1 saturated heterocycles. The van der Waals surface area contributed by atoms with E-state index in [-0.39, 0.29) is 12.0 Å². The van der Waals surface area contributed by atoms with Gasteiger partial charge in [0.15, 0.2) is 0 Å². The molecule has 1 aromatic heterocycles. The Hall–Kier alpha value is -0.810. The Morgan fingerprint density at radius 2 is 2.39 bits per heavy atom. The molecule has 2 rings (SSSR count). The van der Waals surface area contributed by atoms with Crippen LogP contribution < -0.4 is 0 Å². The van der Waals surface area contributed by atoms with Crippen LogP contribution in [0.15, 0.2) is 16.7 Å². The Balaban J connectivity index is 2.17. The third kappa shape index (κ3) is 2.95. The van der Waals surface area contributed by atoms with Crippen molar-refractivity contribution in [3.8, 4) is 0 Å². The van der Waals surface area contributed by atoms with Gasteiger partial charge in [0.1, 0.15) is 5.69 Å². The van der Waals surface area contributed by atoms with E-state index in [2.05, 4.69) is 22.9 Å². The molecule has 4 nitrogen and oxygen atoms in total. The Labute approximate surface area is 116 Å². The first kappa shape index (κ1) is 13.6. The van der Waals surface area contributed by atoms with Gasteiger partial charge in [-0.05, 0) is 41.3 Å². The fourth-order valence-electron chi connectivity index (χ4n) is 2.38. The van der Waals surface area contributed by atoms with Gasteiger partial charge in [-0.25, -0.2) is 0 Å². The maximum atomic E-state index is 12.4. The second-order valence-corrected chi connectivity index (χ2v) is 5.70. The number of aromatic nitrogens is 1. The molecule has 1 aromatic rings. The van der Waals surface area contributed by atoms with E-state index >= 15 is 0 Å². The zero-order chi connectivity index (χ0) is 13.1. The average Bonchev–Trinajstić information content (AvgIpc) is 2.70. The smallest absolute Gasteiger partial charge is 0.270 e. The molecule has 1 atom stereocenters. The van der Waals surface area contributed by atoms with Crippen molar-refractivity contribution in [3.63, 3.8) is 0 Å². The van der Waals surface area contributed by atoms with Crippen LogP contribution >= 0.6 is 15.9 Å². The average molecular weight is 315 g/mol. The number of amides is 1. The summed E-state index contributed by atoms with van der Waals surface area (Å²) in [5.41, 5.74) is 0.706. The first-order valence-electron chi connectivity index (χ1n) is 6.45. The lowest BCUT2D eigenvalue weighted by atomic mass is 10.1. The Kier molecular flexibility index (Phi) is 4.45. The molecule has 1 N–H and O–H groups in total. The van der Waals surface area contributed by atoms with Gasteiger partial charge in [0.05, 0.1) is 6.10 Å². The number of hydrogen-bond donors (Lipinski definition) is 1. The molecule has 0 spiro atoms. The van der Waals surface area contributed by atoms with Crippen LogP contribution in [-0.4, -0.2) is 39.7 Å². The number of β-amino-alcohol motifs (C(OH)–C–C–N with tert-alkyl or cyclic N) is 1. The molecule has 0 bridgehead atoms. The summed E-state index contributed by atoms with van der Waals surface area (Å²) in [6, 6.07) is 1.86. The van der Waals surface area contributed by atoms with Crippen molar-refractivity contribution in [2.45, 2.75) is 38.8 Å². The van der Waals surface area contributed by atoms with Gasteiger partial charge >= 0.3 is 0 Å². The summed E-state index contributed by atoms with van der Waals surface area (Å²) in [6.45, 7) is 4.12. The SMILES string of the molecule is CCCn1cc(Br)cc1C(=O)N1CCC[C@H](O)C1. The van der Waals surface area contributed by atoms with E-state index in [9.17, 15) is 9.90 Å². The molecule has 100 valence electrons. The highest BCUT2D eigenvalue weighted by molar-refractivity contribution is 9.10. The summed E-state index contributed by atoms with van der Waals surface area (Å²) in [5.74, 6) is 0.0212. The van der Waals surface area contributed by atoms with Crippen LogP contribution in [0.5, 0.6) is 0 Å². The van der Waals surface area contributed by atoms with Gasteiger partial charge < -0.3 is 14.6 Å². The Morgan fingerprint density at radius 3 is 3.06 bits per heavy atom. The van der Waals surface area contributed by atoms with E-state index < -0.39 is 0 Å². The molecule has 0 saturated carbocycles. The van der Waals surface area contributed by atoms with Crippen LogP contribution in [0.1, 0.15) is 36.7 Å². The monoisotopic (exact) mass is 314 g/mol. The highest BCUT2D eigenvalue weighted by Gasteiger charge is 2.25. The van der Waals surface area contributed by atoms with E-state index in [0.717, 1.165) is 36.8 Å². The summed E-state index contributed by atoms with van der Waals surface area (Å²) in [7, 11) is 0. The highest BCUT2D eigenvalue weighted by Crippen LogP contribution is 2.19. The fourth-order valence-corrected chi connectivity index (χ4v) is 2.84. The van der Waals surface area contributed by atoms with Crippen LogP contribution in [0.4, 0.5) is 0 Å². The van der Waals surface area contributed by atoms with Gasteiger partial charge in [0.2, 0.25) is 0 Å². The van der Waals surface area contributed by atoms with E-state index in [1.807, 2.05) is 16.8 Å². The van der Waals surface area contributed by atoms with Crippen molar-refractivity contribution in [3.05, 3.63) is 22.4 Å². The molecular formula is C13H19BrN2O2. The van der Waals surface area contributed by atoms with Crippen molar-refractivity contribution in [2.24, 2.45) is 0 Å². The lowest BCUT2D eigenvalue weighted by Crippen LogP contribution is -2.42. The van der Waals surface area contributed by atoms with Gasteiger partial charge in [0, 0.05) is 30.3 Å². The summed E-state index contributed by atoms with van der Waals surface area (Å²) in [6.07, 6.45) is 4.23. The number of rotatable bonds is 3. The van der Waals surface area contributed by atoms with E-state index in [1.165, 1.54) is 0 Å². The van der Waals surface area contributed by atoms with Crippen LogP contribution in [-0.2, 0) is 6.54 Å². The van der Waals surface area contributed by atoms with Gasteiger partial charge in [-0.3, -0.25) is 4.79 Å². The molecule has 1 aliphatic rings. The number of nitrogens with zero attached hydrogens (tertiary/aromatic N) is 2. The maximum absolute atomic E-state index is 12.4. The van der Waals surface area contributed by atoms with Crippen molar-refractivity contribution in [1.82, 2.24) is 9.47 Å². The molecule has 0 aliphatic carbocycles. The number of aryl methyl sites for hydroxylation is 1. The molecule has 1 aliphatic heterocycles. The van der Waals surface area contributed by atoms with E-state index in [0.29, 0.717) is 12.2 Å². The highest BCUT2D eigenvalue weighted by atomic mass is 79.9. The first-order chi connectivity index (χ1) is 8.61. The maximum Gasteiger partial charge on any atom is 0.270 e. The lowest BCUT2D eigenvalue weighted by Gasteiger charge is -2.30. The van der Waals surface area contributed by atoms with Crippen LogP contribution in [0.3, 0.4) is 0 Å². The number of hydrogen-bond acceptors (Lipinski definition) is 2. The largest absolute Gasteiger partial charge is 0.391 e. The molecule has 1 amide bonds. The predicted molar refractivity (Wildman–Crippen MR) is 73.6 cm³/mol. The number of likely N-dealkylation sites (tertiary alicyclic amines) is 1. The number of aliphatic hydroxyl groups excluding tert-OH is 1. The molecule has 1 fully saturated rings. The third-order valence-electron chi connectivity index (χ3n) is 3.23. The van der Waals surface area contributed by atoms with Crippen LogP contribution in [0.2, 0.25) is 0 Å². The van der Waals surface area contributed by atoms with Crippen molar-refractivity contribution in [1.29, 1.82) is 0 Å². The van der Waals surface area contributed by atoms with Gasteiger partial charge in [0.25, 0.3) is 5.91 Å². The number of carbonyl (C=O) groups is 1. The molecule has 0 radical (unpaired) electrons. The zero-order valence-corrected chi connectivity index (χ0v) is 12.2. The lowest BCUT2D eigenvalue weighted by molar-refractivity contribution is 0.0465. The van der Waals surface area contributed by atoms with Crippen molar-refractivity contribution >= 4 is 21.8 Å². The molecule has 5 heteroatoms. The molecular weight excluding hydrogens is 296 g/mol. The van der Waals surface area contributed by atoms with E-state index in [1.54, 1.807) is 4.90 Å². The van der Waals surface area contributed by atoms with E-state index in [4.69, 9.17) is 0 Å². The molecule has 18 heavy (non-hydrogen) atoms. The summed E-state index contributed by atoms with van der Waals surface area (Å²) in [4.78, 5) is 14.2. The van der Waals surface area contributed by atoms with Crippen LogP contribution in [0.25, 0.3) is 0 Å². The Bertz CT molecular complexity index is 431. The minimum atomic E-state index is -0.374. The van der Waals surface area contributed by atoms with Gasteiger partial charge in [-0.15, -0.1) is 0 Å². The predicted octanol–water partition coefficient (Wildman–Crippen LogP) is 2.26. The molecule has 0 aromatic carbocycles. The van der Waals surface area contributed by atoms with Gasteiger partial charge in [-0.1, -0.05) is 6.92 Å². The van der Waals surface area contributed by atoms with Crippen LogP contribution in [0, 0.1) is 0 Å². The fraction of sp³-hybridized carbons (Fsp3) is 0.615. The third-order valence-corrected chi connectivity index (χ3v) is 3.66. The topological polar surface area (TPSA) is 45.5 Å². The number of piperidine rings is 1. The zero-order valence-electron chi connectivity index (χ0n) is 10.6. The summed E-state index contributed by atoms with van der Waals surface area (Å²) < 4.78 is 2.91. The quantitative estimate of drug-likeness (QED) is 0.930. The standard InChI is InChI=1S/C13H19BrN2O2/c1-2-5-15-8-10(14)7-12(15)13(18)16-6-3-4-11(17)9-16/h7-8,11,17H,2-6,9H2,1H3/t11-/m0/s1. The minimum Gasteiger partial charge on any atom is -0.391 e. The minimum absolute atomic E-state index is 0.0212. The second-order valence-electron chi connectivity index (χ2n) is 4.78. The number of aliphatic hydroxyl groups is 1. The number of carbonyl (C=O) groups excluding carboxylic acids is 1. The van der Waals surface area contributed by atoms with Crippen molar-refractivity contribution in [2.75, 3.05) is 13.1 Å².